The predicted octanol–water partition coefficient (Wildman–Crippen LogP) is 1.41. The lowest BCUT2D eigenvalue weighted by atomic mass is 10.0. The van der Waals surface area contributed by atoms with Crippen LogP contribution in [0, 0.1) is 0 Å². The van der Waals surface area contributed by atoms with Crippen molar-refractivity contribution in [3.05, 3.63) is 30.3 Å². The number of piperidine rings is 1. The molecule has 1 aliphatic rings. The molecule has 0 spiro atoms. The zero-order valence-corrected chi connectivity index (χ0v) is 10.5. The van der Waals surface area contributed by atoms with Crippen LogP contribution in [0.4, 0.5) is 0 Å². The Bertz CT molecular complexity index is 381. The molecular formula is C14H20N2O2. The first-order valence-corrected chi connectivity index (χ1v) is 6.48. The first-order valence-electron chi connectivity index (χ1n) is 6.48. The molecule has 1 aliphatic heterocycles. The second-order valence-corrected chi connectivity index (χ2v) is 4.61. The molecule has 0 aromatic heterocycles. The van der Waals surface area contributed by atoms with Gasteiger partial charge >= 0.3 is 0 Å². The predicted molar refractivity (Wildman–Crippen MR) is 70.3 cm³/mol. The van der Waals surface area contributed by atoms with Crippen molar-refractivity contribution in [2.45, 2.75) is 25.3 Å². The summed E-state index contributed by atoms with van der Waals surface area (Å²) in [7, 11) is 0. The van der Waals surface area contributed by atoms with Crippen molar-refractivity contribution in [2.24, 2.45) is 5.73 Å². The van der Waals surface area contributed by atoms with Gasteiger partial charge in [-0.15, -0.1) is 0 Å². The SMILES string of the molecule is NC(=O)[C@@H]1CCCCN1CCOc1ccccc1. The van der Waals surface area contributed by atoms with E-state index < -0.39 is 0 Å². The minimum absolute atomic E-state index is 0.113. The number of primary amides is 1. The molecule has 1 saturated heterocycles. The maximum absolute atomic E-state index is 11.3. The molecule has 0 unspecified atom stereocenters. The van der Waals surface area contributed by atoms with Gasteiger partial charge in [0.05, 0.1) is 6.04 Å². The molecule has 1 atom stereocenters. The number of nitrogens with two attached hydrogens (primary N) is 1. The third kappa shape index (κ3) is 3.47. The number of benzene rings is 1. The van der Waals surface area contributed by atoms with E-state index in [0.717, 1.165) is 38.1 Å². The number of amides is 1. The molecule has 4 nitrogen and oxygen atoms in total. The number of hydrogen-bond donors (Lipinski definition) is 1. The molecule has 18 heavy (non-hydrogen) atoms. The van der Waals surface area contributed by atoms with Crippen molar-refractivity contribution in [1.29, 1.82) is 0 Å². The van der Waals surface area contributed by atoms with Crippen LogP contribution in [0.3, 0.4) is 0 Å². The highest BCUT2D eigenvalue weighted by molar-refractivity contribution is 5.79. The van der Waals surface area contributed by atoms with Gasteiger partial charge in [0.1, 0.15) is 12.4 Å². The molecule has 98 valence electrons. The Hall–Kier alpha value is -1.55. The van der Waals surface area contributed by atoms with Crippen LogP contribution in [0.1, 0.15) is 19.3 Å². The van der Waals surface area contributed by atoms with E-state index in [2.05, 4.69) is 4.90 Å². The van der Waals surface area contributed by atoms with Crippen LogP contribution in [-0.4, -0.2) is 36.5 Å². The highest BCUT2D eigenvalue weighted by Crippen LogP contribution is 2.16. The normalized spacial score (nSPS) is 20.6. The topological polar surface area (TPSA) is 55.6 Å². The van der Waals surface area contributed by atoms with Crippen molar-refractivity contribution < 1.29 is 9.53 Å². The lowest BCUT2D eigenvalue weighted by Crippen LogP contribution is -2.48. The Morgan fingerprint density at radius 2 is 2.11 bits per heavy atom. The number of nitrogens with zero attached hydrogens (tertiary/aromatic N) is 1. The highest BCUT2D eigenvalue weighted by atomic mass is 16.5. The van der Waals surface area contributed by atoms with Crippen LogP contribution < -0.4 is 10.5 Å². The number of carbonyl (C=O) groups excluding carboxylic acids is 1. The molecule has 1 amide bonds. The van der Waals surface area contributed by atoms with Crippen LogP contribution in [0.2, 0.25) is 0 Å². The number of likely N-dealkylation sites (tertiary alicyclic amines) is 1. The number of para-hydroxylation sites is 1. The Morgan fingerprint density at radius 1 is 1.33 bits per heavy atom. The Kier molecular flexibility index (Phi) is 4.59. The van der Waals surface area contributed by atoms with Crippen molar-refractivity contribution in [3.63, 3.8) is 0 Å². The fourth-order valence-electron chi connectivity index (χ4n) is 2.38. The Morgan fingerprint density at radius 3 is 2.83 bits per heavy atom. The summed E-state index contributed by atoms with van der Waals surface area (Å²) in [6, 6.07) is 9.60. The molecule has 1 fully saturated rings. The number of carbonyl (C=O) groups is 1. The van der Waals surface area contributed by atoms with Crippen LogP contribution in [0.5, 0.6) is 5.75 Å². The van der Waals surface area contributed by atoms with E-state index >= 15 is 0 Å². The second kappa shape index (κ2) is 6.40. The van der Waals surface area contributed by atoms with E-state index in [1.165, 1.54) is 0 Å². The summed E-state index contributed by atoms with van der Waals surface area (Å²) in [5, 5.41) is 0. The van der Waals surface area contributed by atoms with Gasteiger partial charge < -0.3 is 10.5 Å². The molecule has 4 heteroatoms. The molecule has 0 radical (unpaired) electrons. The van der Waals surface area contributed by atoms with E-state index in [4.69, 9.17) is 10.5 Å². The van der Waals surface area contributed by atoms with Gasteiger partial charge in [-0.05, 0) is 31.5 Å². The molecular weight excluding hydrogens is 228 g/mol. The minimum atomic E-state index is -0.214. The van der Waals surface area contributed by atoms with Gasteiger partial charge in [0.15, 0.2) is 0 Å². The van der Waals surface area contributed by atoms with Crippen molar-refractivity contribution >= 4 is 5.91 Å². The fourth-order valence-corrected chi connectivity index (χ4v) is 2.38. The summed E-state index contributed by atoms with van der Waals surface area (Å²) in [5.74, 6) is 0.652. The third-order valence-electron chi connectivity index (χ3n) is 3.33. The van der Waals surface area contributed by atoms with Crippen LogP contribution in [0.25, 0.3) is 0 Å². The van der Waals surface area contributed by atoms with E-state index in [1.54, 1.807) is 0 Å². The smallest absolute Gasteiger partial charge is 0.234 e. The standard InChI is InChI=1S/C14H20N2O2/c15-14(17)13-8-4-5-9-16(13)10-11-18-12-6-2-1-3-7-12/h1-3,6-7,13H,4-5,8-11H2,(H2,15,17)/t13-/m0/s1. The minimum Gasteiger partial charge on any atom is -0.492 e. The van der Waals surface area contributed by atoms with Crippen LogP contribution in [-0.2, 0) is 4.79 Å². The van der Waals surface area contributed by atoms with Gasteiger partial charge in [-0.2, -0.15) is 0 Å². The number of ether oxygens (including phenoxy) is 1. The summed E-state index contributed by atoms with van der Waals surface area (Å²) in [6.45, 7) is 2.28. The number of rotatable bonds is 5. The van der Waals surface area contributed by atoms with Crippen LogP contribution >= 0.6 is 0 Å². The summed E-state index contributed by atoms with van der Waals surface area (Å²) < 4.78 is 5.64. The zero-order valence-electron chi connectivity index (χ0n) is 10.5. The molecule has 0 aliphatic carbocycles. The summed E-state index contributed by atoms with van der Waals surface area (Å²) in [5.41, 5.74) is 5.42. The van der Waals surface area contributed by atoms with Crippen molar-refractivity contribution in [3.8, 4) is 5.75 Å². The average Bonchev–Trinajstić information content (AvgIpc) is 2.40. The summed E-state index contributed by atoms with van der Waals surface area (Å²) in [6.07, 6.45) is 3.10. The average molecular weight is 248 g/mol. The molecule has 0 bridgehead atoms. The summed E-state index contributed by atoms with van der Waals surface area (Å²) in [4.78, 5) is 13.5. The van der Waals surface area contributed by atoms with E-state index in [9.17, 15) is 4.79 Å². The van der Waals surface area contributed by atoms with Gasteiger partial charge in [-0.3, -0.25) is 9.69 Å². The van der Waals surface area contributed by atoms with Gasteiger partial charge in [0, 0.05) is 6.54 Å². The zero-order chi connectivity index (χ0) is 12.8. The van der Waals surface area contributed by atoms with Gasteiger partial charge in [-0.1, -0.05) is 24.6 Å². The molecule has 1 aromatic rings. The van der Waals surface area contributed by atoms with Crippen molar-refractivity contribution in [2.75, 3.05) is 19.7 Å². The first-order chi connectivity index (χ1) is 8.77. The van der Waals surface area contributed by atoms with E-state index in [0.29, 0.717) is 6.61 Å². The van der Waals surface area contributed by atoms with Crippen LogP contribution in [0.15, 0.2) is 30.3 Å². The maximum atomic E-state index is 11.3. The third-order valence-corrected chi connectivity index (χ3v) is 3.33. The largest absolute Gasteiger partial charge is 0.492 e. The highest BCUT2D eigenvalue weighted by Gasteiger charge is 2.26. The van der Waals surface area contributed by atoms with Crippen molar-refractivity contribution in [1.82, 2.24) is 4.90 Å². The molecule has 2 rings (SSSR count). The van der Waals surface area contributed by atoms with E-state index in [-0.39, 0.29) is 11.9 Å². The number of hydrogen-bond acceptors (Lipinski definition) is 3. The lowest BCUT2D eigenvalue weighted by molar-refractivity contribution is -0.124. The first kappa shape index (κ1) is 12.9. The van der Waals surface area contributed by atoms with Gasteiger partial charge in [0.2, 0.25) is 5.91 Å². The molecule has 2 N–H and O–H groups in total. The maximum Gasteiger partial charge on any atom is 0.234 e. The quantitative estimate of drug-likeness (QED) is 0.857. The molecule has 0 saturated carbocycles. The molecule has 1 heterocycles. The monoisotopic (exact) mass is 248 g/mol. The van der Waals surface area contributed by atoms with Gasteiger partial charge in [0.25, 0.3) is 0 Å². The van der Waals surface area contributed by atoms with Gasteiger partial charge in [-0.25, -0.2) is 0 Å². The van der Waals surface area contributed by atoms with E-state index in [1.807, 2.05) is 30.3 Å². The Labute approximate surface area is 108 Å². The summed E-state index contributed by atoms with van der Waals surface area (Å²) >= 11 is 0. The Balaban J connectivity index is 1.79. The molecule has 1 aromatic carbocycles. The fraction of sp³-hybridized carbons (Fsp3) is 0.500. The second-order valence-electron chi connectivity index (χ2n) is 4.61. The lowest BCUT2D eigenvalue weighted by Gasteiger charge is -2.33.